The van der Waals surface area contributed by atoms with Crippen LogP contribution in [-0.2, 0) is 11.3 Å². The van der Waals surface area contributed by atoms with E-state index < -0.39 is 0 Å². The van der Waals surface area contributed by atoms with Crippen LogP contribution < -0.4 is 5.32 Å². The highest BCUT2D eigenvalue weighted by atomic mass is 16.5. The summed E-state index contributed by atoms with van der Waals surface area (Å²) in [5, 5.41) is 13.4. The zero-order valence-electron chi connectivity index (χ0n) is 9.85. The average Bonchev–Trinajstić information content (AvgIpc) is 2.77. The van der Waals surface area contributed by atoms with Crippen LogP contribution in [0.1, 0.15) is 5.76 Å². The Kier molecular flexibility index (Phi) is 4.14. The van der Waals surface area contributed by atoms with Gasteiger partial charge in [-0.1, -0.05) is 18.2 Å². The van der Waals surface area contributed by atoms with Gasteiger partial charge in [0.1, 0.15) is 11.3 Å². The molecule has 0 fully saturated rings. The van der Waals surface area contributed by atoms with E-state index >= 15 is 0 Å². The summed E-state index contributed by atoms with van der Waals surface area (Å²) in [5.41, 5.74) is 0.886. The Hall–Kier alpha value is -1.36. The van der Waals surface area contributed by atoms with Crippen LogP contribution in [0.3, 0.4) is 0 Å². The van der Waals surface area contributed by atoms with Crippen molar-refractivity contribution in [2.45, 2.75) is 12.6 Å². The first-order valence-electron chi connectivity index (χ1n) is 5.64. The van der Waals surface area contributed by atoms with Gasteiger partial charge in [0.25, 0.3) is 0 Å². The van der Waals surface area contributed by atoms with E-state index in [9.17, 15) is 0 Å². The number of benzene rings is 1. The molecule has 0 saturated heterocycles. The normalized spacial score (nSPS) is 13.1. The predicted molar refractivity (Wildman–Crippen MR) is 65.8 cm³/mol. The number of fused-ring (bicyclic) bond motifs is 1. The van der Waals surface area contributed by atoms with Crippen LogP contribution >= 0.6 is 0 Å². The molecule has 0 bridgehead atoms. The summed E-state index contributed by atoms with van der Waals surface area (Å²) >= 11 is 0. The van der Waals surface area contributed by atoms with Crippen LogP contribution in [0.15, 0.2) is 34.7 Å². The Labute approximate surface area is 100 Å². The Balaban J connectivity index is 1.98. The van der Waals surface area contributed by atoms with Crippen molar-refractivity contribution in [3.8, 4) is 0 Å². The molecular weight excluding hydrogens is 218 g/mol. The van der Waals surface area contributed by atoms with Crippen molar-refractivity contribution in [2.24, 2.45) is 0 Å². The van der Waals surface area contributed by atoms with Crippen molar-refractivity contribution < 1.29 is 14.3 Å². The van der Waals surface area contributed by atoms with Crippen LogP contribution in [0, 0.1) is 0 Å². The van der Waals surface area contributed by atoms with E-state index in [1.54, 1.807) is 7.11 Å². The number of para-hydroxylation sites is 1. The highest BCUT2D eigenvalue weighted by Crippen LogP contribution is 2.18. The molecule has 0 aliphatic heterocycles. The fourth-order valence-corrected chi connectivity index (χ4v) is 1.75. The number of furan rings is 1. The van der Waals surface area contributed by atoms with Gasteiger partial charge in [0.2, 0.25) is 0 Å². The van der Waals surface area contributed by atoms with Gasteiger partial charge in [0.15, 0.2) is 0 Å². The smallest absolute Gasteiger partial charge is 0.134 e. The molecule has 2 aromatic rings. The summed E-state index contributed by atoms with van der Waals surface area (Å²) in [6.07, 6.45) is 0. The Morgan fingerprint density at radius 2 is 2.24 bits per heavy atom. The molecule has 2 N–H and O–H groups in total. The first-order valence-corrected chi connectivity index (χ1v) is 5.64. The molecule has 1 atom stereocenters. The topological polar surface area (TPSA) is 54.6 Å². The van der Waals surface area contributed by atoms with Crippen molar-refractivity contribution in [1.29, 1.82) is 0 Å². The van der Waals surface area contributed by atoms with Crippen LogP contribution in [0.4, 0.5) is 0 Å². The monoisotopic (exact) mass is 235 g/mol. The zero-order chi connectivity index (χ0) is 12.1. The van der Waals surface area contributed by atoms with Gasteiger partial charge in [0.05, 0.1) is 25.8 Å². The molecule has 0 saturated carbocycles. The Morgan fingerprint density at radius 3 is 2.94 bits per heavy atom. The quantitative estimate of drug-likeness (QED) is 0.797. The molecule has 1 heterocycles. The number of aliphatic hydroxyl groups excluding tert-OH is 1. The SMILES string of the molecule is COCC(CO)NCc1cc2ccccc2o1. The molecule has 4 nitrogen and oxygen atoms in total. The summed E-state index contributed by atoms with van der Waals surface area (Å²) in [5.74, 6) is 0.862. The second-order valence-corrected chi connectivity index (χ2v) is 3.97. The molecule has 4 heteroatoms. The summed E-state index contributed by atoms with van der Waals surface area (Å²) < 4.78 is 10.6. The summed E-state index contributed by atoms with van der Waals surface area (Å²) in [6.45, 7) is 1.12. The highest BCUT2D eigenvalue weighted by Gasteiger charge is 2.08. The molecule has 0 aliphatic carbocycles. The van der Waals surface area contributed by atoms with Crippen molar-refractivity contribution in [1.82, 2.24) is 5.32 Å². The third kappa shape index (κ3) is 3.06. The van der Waals surface area contributed by atoms with Gasteiger partial charge in [0, 0.05) is 12.5 Å². The summed E-state index contributed by atoms with van der Waals surface area (Å²) in [7, 11) is 1.62. The Bertz CT molecular complexity index is 433. The lowest BCUT2D eigenvalue weighted by molar-refractivity contribution is 0.127. The summed E-state index contributed by atoms with van der Waals surface area (Å²) in [4.78, 5) is 0. The average molecular weight is 235 g/mol. The van der Waals surface area contributed by atoms with Gasteiger partial charge >= 0.3 is 0 Å². The van der Waals surface area contributed by atoms with E-state index in [2.05, 4.69) is 5.32 Å². The molecule has 92 valence electrons. The zero-order valence-corrected chi connectivity index (χ0v) is 9.85. The minimum Gasteiger partial charge on any atom is -0.460 e. The number of hydrogen-bond acceptors (Lipinski definition) is 4. The molecule has 1 unspecified atom stereocenters. The lowest BCUT2D eigenvalue weighted by atomic mass is 10.2. The van der Waals surface area contributed by atoms with Crippen molar-refractivity contribution >= 4 is 11.0 Å². The second kappa shape index (κ2) is 5.82. The summed E-state index contributed by atoms with van der Waals surface area (Å²) in [6, 6.07) is 9.83. The fourth-order valence-electron chi connectivity index (χ4n) is 1.75. The van der Waals surface area contributed by atoms with E-state index in [1.807, 2.05) is 30.3 Å². The van der Waals surface area contributed by atoms with E-state index in [1.165, 1.54) is 0 Å². The third-order valence-electron chi connectivity index (χ3n) is 2.63. The maximum atomic E-state index is 9.10. The van der Waals surface area contributed by atoms with Crippen LogP contribution in [0.5, 0.6) is 0 Å². The third-order valence-corrected chi connectivity index (χ3v) is 2.63. The molecule has 1 aromatic carbocycles. The van der Waals surface area contributed by atoms with Crippen LogP contribution in [-0.4, -0.2) is 31.5 Å². The Morgan fingerprint density at radius 1 is 1.41 bits per heavy atom. The van der Waals surface area contributed by atoms with Crippen LogP contribution in [0.2, 0.25) is 0 Å². The van der Waals surface area contributed by atoms with Gasteiger partial charge < -0.3 is 19.6 Å². The molecule has 0 aliphatic rings. The fraction of sp³-hybridized carbons (Fsp3) is 0.385. The molecule has 0 amide bonds. The van der Waals surface area contributed by atoms with Gasteiger partial charge in [-0.3, -0.25) is 0 Å². The lowest BCUT2D eigenvalue weighted by Gasteiger charge is -2.13. The van der Waals surface area contributed by atoms with Crippen molar-refractivity contribution in [3.63, 3.8) is 0 Å². The molecule has 0 radical (unpaired) electrons. The van der Waals surface area contributed by atoms with Crippen molar-refractivity contribution in [3.05, 3.63) is 36.1 Å². The maximum absolute atomic E-state index is 9.10. The first-order chi connectivity index (χ1) is 8.33. The number of nitrogens with one attached hydrogen (secondary N) is 1. The minimum atomic E-state index is -0.0618. The molecular formula is C13H17NO3. The van der Waals surface area contributed by atoms with E-state index in [-0.39, 0.29) is 12.6 Å². The number of rotatable bonds is 6. The molecule has 2 rings (SSSR count). The first kappa shape index (κ1) is 12.1. The highest BCUT2D eigenvalue weighted by molar-refractivity contribution is 5.77. The molecule has 0 spiro atoms. The van der Waals surface area contributed by atoms with Crippen molar-refractivity contribution in [2.75, 3.05) is 20.3 Å². The standard InChI is InChI=1S/C13H17NO3/c1-16-9-11(8-15)14-7-12-6-10-4-2-3-5-13(10)17-12/h2-6,11,14-15H,7-9H2,1H3. The van der Waals surface area contributed by atoms with Gasteiger partial charge in [-0.2, -0.15) is 0 Å². The lowest BCUT2D eigenvalue weighted by Crippen LogP contribution is -2.35. The number of hydrogen-bond donors (Lipinski definition) is 2. The van der Waals surface area contributed by atoms with Gasteiger partial charge in [-0.15, -0.1) is 0 Å². The van der Waals surface area contributed by atoms with E-state index in [4.69, 9.17) is 14.3 Å². The van der Waals surface area contributed by atoms with Gasteiger partial charge in [-0.25, -0.2) is 0 Å². The van der Waals surface area contributed by atoms with Crippen LogP contribution in [0.25, 0.3) is 11.0 Å². The van der Waals surface area contributed by atoms with E-state index in [0.717, 1.165) is 16.7 Å². The molecule has 17 heavy (non-hydrogen) atoms. The van der Waals surface area contributed by atoms with E-state index in [0.29, 0.717) is 13.2 Å². The number of ether oxygens (including phenoxy) is 1. The maximum Gasteiger partial charge on any atom is 0.134 e. The minimum absolute atomic E-state index is 0.0497. The second-order valence-electron chi connectivity index (χ2n) is 3.97. The van der Waals surface area contributed by atoms with Gasteiger partial charge in [-0.05, 0) is 12.1 Å². The predicted octanol–water partition coefficient (Wildman–Crippen LogP) is 1.53. The number of methoxy groups -OCH3 is 1. The molecule has 1 aromatic heterocycles. The largest absolute Gasteiger partial charge is 0.460 e. The number of aliphatic hydroxyl groups is 1.